The monoisotopic (exact) mass is 799 g/mol. The maximum Gasteiger partial charge on any atom is 0.472 e. The molecule has 0 amide bonds. The molecule has 0 aromatic heterocycles. The lowest BCUT2D eigenvalue weighted by Crippen LogP contribution is -2.29. The van der Waals surface area contributed by atoms with Crippen molar-refractivity contribution in [3.05, 3.63) is 24.3 Å². The molecule has 0 aliphatic heterocycles. The van der Waals surface area contributed by atoms with Gasteiger partial charge < -0.3 is 14.4 Å². The Balaban J connectivity index is 3.95. The van der Waals surface area contributed by atoms with Gasteiger partial charge in [0.05, 0.1) is 13.2 Å². The fraction of sp³-hybridized carbons (Fsp3) is 0.870. The quantitative estimate of drug-likeness (QED) is 0.0281. The molecule has 0 fully saturated rings. The highest BCUT2D eigenvalue weighted by Crippen LogP contribution is 2.43. The molecule has 55 heavy (non-hydrogen) atoms. The number of phosphoric ester groups is 1. The summed E-state index contributed by atoms with van der Waals surface area (Å²) < 4.78 is 32.7. The molecule has 0 bridgehead atoms. The lowest BCUT2D eigenvalue weighted by Gasteiger charge is -2.19. The summed E-state index contributed by atoms with van der Waals surface area (Å²) in [4.78, 5) is 34.8. The van der Waals surface area contributed by atoms with Crippen molar-refractivity contribution < 1.29 is 37.6 Å². The van der Waals surface area contributed by atoms with Crippen LogP contribution in [0.1, 0.15) is 233 Å². The molecule has 0 aromatic carbocycles. The Bertz CT molecular complexity index is 952. The molecule has 0 heterocycles. The number of rotatable bonds is 43. The van der Waals surface area contributed by atoms with E-state index in [0.717, 1.165) is 64.2 Å². The van der Waals surface area contributed by atoms with Crippen LogP contribution in [-0.4, -0.2) is 42.8 Å². The Hall–Kier alpha value is -1.47. The average molecular weight is 799 g/mol. The van der Waals surface area contributed by atoms with Crippen LogP contribution < -0.4 is 0 Å². The number of allylic oxidation sites excluding steroid dienone is 4. The largest absolute Gasteiger partial charge is 0.472 e. The third kappa shape index (κ3) is 42.0. The van der Waals surface area contributed by atoms with Crippen LogP contribution in [-0.2, 0) is 32.7 Å². The van der Waals surface area contributed by atoms with Crippen LogP contribution in [0.4, 0.5) is 0 Å². The van der Waals surface area contributed by atoms with E-state index in [1.165, 1.54) is 128 Å². The first-order valence-corrected chi connectivity index (χ1v) is 24.6. The molecule has 0 saturated carbocycles. The number of ether oxygens (including phenoxy) is 2. The van der Waals surface area contributed by atoms with E-state index in [1.807, 2.05) is 0 Å². The average Bonchev–Trinajstić information content (AvgIpc) is 3.16. The van der Waals surface area contributed by atoms with E-state index >= 15 is 0 Å². The van der Waals surface area contributed by atoms with Gasteiger partial charge in [0.1, 0.15) is 6.61 Å². The zero-order chi connectivity index (χ0) is 40.3. The summed E-state index contributed by atoms with van der Waals surface area (Å²) in [5, 5.41) is 0. The second-order valence-electron chi connectivity index (χ2n) is 15.4. The Kier molecular flexibility index (Phi) is 41.0. The molecule has 0 rings (SSSR count). The first kappa shape index (κ1) is 53.5. The van der Waals surface area contributed by atoms with E-state index in [2.05, 4.69) is 38.2 Å². The van der Waals surface area contributed by atoms with Gasteiger partial charge in [-0.3, -0.25) is 18.6 Å². The second-order valence-corrected chi connectivity index (χ2v) is 16.9. The molecule has 0 aliphatic rings. The van der Waals surface area contributed by atoms with E-state index in [0.29, 0.717) is 12.8 Å². The van der Waals surface area contributed by atoms with E-state index in [-0.39, 0.29) is 25.6 Å². The van der Waals surface area contributed by atoms with Gasteiger partial charge in [0, 0.05) is 12.8 Å². The number of carbonyl (C=O) groups excluding carboxylic acids is 2. The highest BCUT2D eigenvalue weighted by molar-refractivity contribution is 7.47. The van der Waals surface area contributed by atoms with E-state index in [4.69, 9.17) is 18.5 Å². The fourth-order valence-corrected chi connectivity index (χ4v) is 7.37. The number of carbonyl (C=O) groups is 2. The fourth-order valence-electron chi connectivity index (χ4n) is 6.61. The van der Waals surface area contributed by atoms with Gasteiger partial charge >= 0.3 is 19.8 Å². The van der Waals surface area contributed by atoms with Crippen molar-refractivity contribution in [3.8, 4) is 0 Å². The minimum Gasteiger partial charge on any atom is -0.462 e. The number of phosphoric acid groups is 1. The minimum absolute atomic E-state index is 0.000562. The van der Waals surface area contributed by atoms with Gasteiger partial charge in [-0.1, -0.05) is 199 Å². The van der Waals surface area contributed by atoms with Crippen molar-refractivity contribution in [2.45, 2.75) is 239 Å². The number of hydrogen-bond donors (Lipinski definition) is 1. The zero-order valence-electron chi connectivity index (χ0n) is 36.1. The molecule has 2 atom stereocenters. The summed E-state index contributed by atoms with van der Waals surface area (Å²) in [6.07, 6.45) is 46.7. The van der Waals surface area contributed by atoms with Crippen molar-refractivity contribution in [1.29, 1.82) is 0 Å². The van der Waals surface area contributed by atoms with Gasteiger partial charge in [0.25, 0.3) is 0 Å². The predicted octanol–water partition coefficient (Wildman–Crippen LogP) is 14.6. The van der Waals surface area contributed by atoms with Crippen molar-refractivity contribution in [3.63, 3.8) is 0 Å². The molecular formula is C46H87O8P. The molecule has 0 saturated heterocycles. The van der Waals surface area contributed by atoms with Crippen molar-refractivity contribution in [2.75, 3.05) is 19.8 Å². The van der Waals surface area contributed by atoms with E-state index in [1.54, 1.807) is 6.92 Å². The van der Waals surface area contributed by atoms with Gasteiger partial charge in [-0.25, -0.2) is 4.57 Å². The molecule has 2 unspecified atom stereocenters. The molecule has 8 nitrogen and oxygen atoms in total. The van der Waals surface area contributed by atoms with E-state index in [9.17, 15) is 19.0 Å². The van der Waals surface area contributed by atoms with Crippen LogP contribution in [0.2, 0.25) is 0 Å². The highest BCUT2D eigenvalue weighted by atomic mass is 31.2. The zero-order valence-corrected chi connectivity index (χ0v) is 37.0. The predicted molar refractivity (Wildman–Crippen MR) is 230 cm³/mol. The Morgan fingerprint density at radius 1 is 0.491 bits per heavy atom. The Morgan fingerprint density at radius 3 is 1.36 bits per heavy atom. The number of hydrogen-bond acceptors (Lipinski definition) is 7. The maximum atomic E-state index is 12.5. The SMILES string of the molecule is CCC/C=C\C/C=C\CCCCCCCC(=O)OC(COC(=O)CCCCCCCCCCCCCCCCCCCCCCCC)COP(=O)(O)OCC. The minimum atomic E-state index is -4.28. The Morgan fingerprint density at radius 2 is 0.909 bits per heavy atom. The first-order valence-electron chi connectivity index (χ1n) is 23.1. The van der Waals surface area contributed by atoms with Crippen LogP contribution >= 0.6 is 7.82 Å². The number of esters is 2. The van der Waals surface area contributed by atoms with Crippen LogP contribution in [0.3, 0.4) is 0 Å². The van der Waals surface area contributed by atoms with Crippen LogP contribution in [0, 0.1) is 0 Å². The third-order valence-corrected chi connectivity index (χ3v) is 11.1. The number of unbranched alkanes of at least 4 members (excludes halogenated alkanes) is 27. The molecule has 9 heteroatoms. The second kappa shape index (κ2) is 42.1. The summed E-state index contributed by atoms with van der Waals surface area (Å²) in [5.74, 6) is -0.804. The summed E-state index contributed by atoms with van der Waals surface area (Å²) in [6.45, 7) is 5.42. The van der Waals surface area contributed by atoms with Gasteiger partial charge in [-0.2, -0.15) is 0 Å². The first-order chi connectivity index (χ1) is 26.8. The molecule has 1 N–H and O–H groups in total. The molecule has 0 aromatic rings. The van der Waals surface area contributed by atoms with Gasteiger partial charge in [0.2, 0.25) is 0 Å². The summed E-state index contributed by atoms with van der Waals surface area (Å²) >= 11 is 0. The maximum absolute atomic E-state index is 12.5. The summed E-state index contributed by atoms with van der Waals surface area (Å²) in [7, 11) is -4.28. The van der Waals surface area contributed by atoms with Crippen LogP contribution in [0.25, 0.3) is 0 Å². The Labute approximate surface area is 339 Å². The lowest BCUT2D eigenvalue weighted by molar-refractivity contribution is -0.161. The van der Waals surface area contributed by atoms with Crippen LogP contribution in [0.5, 0.6) is 0 Å². The summed E-state index contributed by atoms with van der Waals surface area (Å²) in [6, 6.07) is 0. The lowest BCUT2D eigenvalue weighted by atomic mass is 10.0. The van der Waals surface area contributed by atoms with Crippen molar-refractivity contribution in [1.82, 2.24) is 0 Å². The van der Waals surface area contributed by atoms with Crippen molar-refractivity contribution >= 4 is 19.8 Å². The molecule has 324 valence electrons. The van der Waals surface area contributed by atoms with Gasteiger partial charge in [-0.05, 0) is 45.4 Å². The van der Waals surface area contributed by atoms with Crippen molar-refractivity contribution in [2.24, 2.45) is 0 Å². The van der Waals surface area contributed by atoms with E-state index < -0.39 is 26.5 Å². The van der Waals surface area contributed by atoms with Crippen LogP contribution in [0.15, 0.2) is 24.3 Å². The smallest absolute Gasteiger partial charge is 0.462 e. The molecule has 0 aliphatic carbocycles. The van der Waals surface area contributed by atoms with Gasteiger partial charge in [-0.15, -0.1) is 0 Å². The summed E-state index contributed by atoms with van der Waals surface area (Å²) in [5.41, 5.74) is 0. The molecule has 0 spiro atoms. The van der Waals surface area contributed by atoms with Gasteiger partial charge in [0.15, 0.2) is 6.10 Å². The normalized spacial score (nSPS) is 13.5. The highest BCUT2D eigenvalue weighted by Gasteiger charge is 2.25. The third-order valence-electron chi connectivity index (χ3n) is 9.99. The topological polar surface area (TPSA) is 108 Å². The standard InChI is InChI=1S/C46H87O8P/c1-4-7-9-11-13-15-17-19-20-21-22-23-24-25-26-27-29-30-32-34-36-38-40-45(47)51-42-44(43-53-55(49,50)52-6-3)54-46(48)41-39-37-35-33-31-28-18-16-14-12-10-8-5-2/h10,12,16,18,44H,4-9,11,13-15,17,19-43H2,1-3H3,(H,49,50)/b12-10-,18-16-. The molecule has 0 radical (unpaired) electrons. The molecular weight excluding hydrogens is 711 g/mol.